The number of benzene rings is 3. The highest BCUT2D eigenvalue weighted by Gasteiger charge is 2.15. The summed E-state index contributed by atoms with van der Waals surface area (Å²) in [6, 6.07) is 19.0. The monoisotopic (exact) mass is 455 g/mol. The molecule has 0 saturated carbocycles. The van der Waals surface area contributed by atoms with Gasteiger partial charge in [0.05, 0.1) is 24.5 Å². The zero-order valence-electron chi connectivity index (χ0n) is 17.6. The van der Waals surface area contributed by atoms with Gasteiger partial charge in [0.1, 0.15) is 0 Å². The quantitative estimate of drug-likeness (QED) is 0.405. The zero-order valence-corrected chi connectivity index (χ0v) is 18.4. The Morgan fingerprint density at radius 1 is 0.875 bits per heavy atom. The molecule has 0 aliphatic rings. The Kier molecular flexibility index (Phi) is 7.80. The Balaban J connectivity index is 1.55. The Hall–Kier alpha value is -3.43. The van der Waals surface area contributed by atoms with Crippen LogP contribution < -0.4 is 15.4 Å². The van der Waals surface area contributed by atoms with E-state index in [1.54, 1.807) is 42.5 Å². The van der Waals surface area contributed by atoms with E-state index in [1.807, 2.05) is 24.3 Å². The Labute approximate surface area is 187 Å². The van der Waals surface area contributed by atoms with Crippen LogP contribution in [0.1, 0.15) is 5.56 Å². The zero-order chi connectivity index (χ0) is 23.0. The smallest absolute Gasteiger partial charge is 0.261 e. The molecule has 0 saturated heterocycles. The number of amides is 2. The molecule has 168 valence electrons. The minimum absolute atomic E-state index is 0.0725. The lowest BCUT2D eigenvalue weighted by Gasteiger charge is -2.10. The average Bonchev–Trinajstić information content (AvgIpc) is 2.78. The van der Waals surface area contributed by atoms with Gasteiger partial charge >= 0.3 is 0 Å². The van der Waals surface area contributed by atoms with Gasteiger partial charge in [-0.25, -0.2) is 8.42 Å². The number of carbonyl (C=O) groups is 2. The fraction of sp³-hybridized carbons (Fsp3) is 0.217. The molecule has 0 aliphatic heterocycles. The van der Waals surface area contributed by atoms with Crippen LogP contribution in [0.25, 0.3) is 10.8 Å². The van der Waals surface area contributed by atoms with E-state index in [0.717, 1.165) is 10.8 Å². The number of hydrogen-bond acceptors (Lipinski definition) is 5. The molecule has 2 amide bonds. The Morgan fingerprint density at radius 3 is 2.31 bits per heavy atom. The second-order valence-electron chi connectivity index (χ2n) is 7.11. The van der Waals surface area contributed by atoms with Crippen molar-refractivity contribution >= 4 is 38.3 Å². The molecule has 0 aromatic heterocycles. The highest BCUT2D eigenvalue weighted by molar-refractivity contribution is 7.92. The van der Waals surface area contributed by atoms with Gasteiger partial charge in [0, 0.05) is 19.3 Å². The van der Waals surface area contributed by atoms with E-state index >= 15 is 0 Å². The average molecular weight is 456 g/mol. The van der Waals surface area contributed by atoms with Crippen molar-refractivity contribution in [2.45, 2.75) is 11.3 Å². The third-order valence-corrected chi connectivity index (χ3v) is 6.06. The first-order valence-electron chi connectivity index (χ1n) is 10.0. The van der Waals surface area contributed by atoms with E-state index in [-0.39, 0.29) is 29.7 Å². The van der Waals surface area contributed by atoms with Crippen LogP contribution in [-0.2, 0) is 30.8 Å². The van der Waals surface area contributed by atoms with Gasteiger partial charge in [-0.1, -0.05) is 42.5 Å². The van der Waals surface area contributed by atoms with Crippen LogP contribution >= 0.6 is 0 Å². The van der Waals surface area contributed by atoms with Gasteiger partial charge in [0.2, 0.25) is 11.8 Å². The lowest BCUT2D eigenvalue weighted by molar-refractivity contribution is -0.125. The summed E-state index contributed by atoms with van der Waals surface area (Å²) in [5, 5.41) is 6.95. The van der Waals surface area contributed by atoms with E-state index in [1.165, 1.54) is 7.11 Å². The van der Waals surface area contributed by atoms with Crippen molar-refractivity contribution < 1.29 is 22.7 Å². The number of fused-ring (bicyclic) bond motifs is 1. The Bertz CT molecular complexity index is 1190. The molecule has 3 rings (SSSR count). The van der Waals surface area contributed by atoms with Crippen LogP contribution in [0.15, 0.2) is 71.6 Å². The predicted molar refractivity (Wildman–Crippen MR) is 123 cm³/mol. The maximum Gasteiger partial charge on any atom is 0.261 e. The lowest BCUT2D eigenvalue weighted by Crippen LogP contribution is -2.38. The number of nitrogens with one attached hydrogen (secondary N) is 3. The third-order valence-electron chi connectivity index (χ3n) is 4.68. The van der Waals surface area contributed by atoms with E-state index in [0.29, 0.717) is 24.4 Å². The van der Waals surface area contributed by atoms with Crippen molar-refractivity contribution in [2.75, 3.05) is 31.5 Å². The van der Waals surface area contributed by atoms with Crippen molar-refractivity contribution in [1.82, 2.24) is 10.6 Å². The Morgan fingerprint density at radius 2 is 1.59 bits per heavy atom. The lowest BCUT2D eigenvalue weighted by atomic mass is 10.1. The minimum Gasteiger partial charge on any atom is -0.383 e. The van der Waals surface area contributed by atoms with E-state index in [4.69, 9.17) is 4.74 Å². The highest BCUT2D eigenvalue weighted by atomic mass is 32.2. The normalized spacial score (nSPS) is 11.2. The van der Waals surface area contributed by atoms with Gasteiger partial charge in [-0.2, -0.15) is 0 Å². The number of hydrogen-bond donors (Lipinski definition) is 3. The molecule has 0 aliphatic carbocycles. The van der Waals surface area contributed by atoms with Crippen molar-refractivity contribution in [1.29, 1.82) is 0 Å². The van der Waals surface area contributed by atoms with Gasteiger partial charge in [0.15, 0.2) is 0 Å². The first-order valence-corrected chi connectivity index (χ1v) is 11.5. The number of methoxy groups -OCH3 is 1. The van der Waals surface area contributed by atoms with Crippen molar-refractivity contribution in [3.63, 3.8) is 0 Å². The summed E-state index contributed by atoms with van der Waals surface area (Å²) >= 11 is 0. The van der Waals surface area contributed by atoms with Gasteiger partial charge in [-0.15, -0.1) is 0 Å². The van der Waals surface area contributed by atoms with Crippen LogP contribution in [0.4, 0.5) is 5.69 Å². The molecule has 3 N–H and O–H groups in total. The predicted octanol–water partition coefficient (Wildman–Crippen LogP) is 2.06. The molecule has 0 fully saturated rings. The number of carbonyl (C=O) groups excluding carboxylic acids is 2. The number of rotatable bonds is 10. The molecular formula is C23H25N3O5S. The number of sulfonamides is 1. The molecule has 0 heterocycles. The second kappa shape index (κ2) is 10.7. The van der Waals surface area contributed by atoms with Gasteiger partial charge < -0.3 is 15.4 Å². The molecule has 0 unspecified atom stereocenters. The molecule has 3 aromatic carbocycles. The largest absolute Gasteiger partial charge is 0.383 e. The summed E-state index contributed by atoms with van der Waals surface area (Å²) in [5.74, 6) is -0.606. The first-order chi connectivity index (χ1) is 15.4. The summed E-state index contributed by atoms with van der Waals surface area (Å²) in [7, 11) is -2.22. The standard InChI is InChI=1S/C23H25N3O5S/c1-31-13-12-24-23(28)16-25-22(27)14-17-6-9-20(10-7-17)26-32(29,30)21-11-8-18-4-2-3-5-19(18)15-21/h2-11,15,26H,12-14,16H2,1H3,(H,24,28)(H,25,27). The van der Waals surface area contributed by atoms with Crippen LogP contribution in [0.3, 0.4) is 0 Å². The molecule has 0 bridgehead atoms. The summed E-state index contributed by atoms with van der Waals surface area (Å²) in [6.07, 6.45) is 0.0725. The molecule has 0 spiro atoms. The molecule has 8 nitrogen and oxygen atoms in total. The molecule has 0 radical (unpaired) electrons. The van der Waals surface area contributed by atoms with Gasteiger partial charge in [-0.05, 0) is 40.6 Å². The summed E-state index contributed by atoms with van der Waals surface area (Å²) in [5.41, 5.74) is 1.08. The van der Waals surface area contributed by atoms with Gasteiger partial charge in [-0.3, -0.25) is 14.3 Å². The number of anilines is 1. The SMILES string of the molecule is COCCNC(=O)CNC(=O)Cc1ccc(NS(=O)(=O)c2ccc3ccccc3c2)cc1. The summed E-state index contributed by atoms with van der Waals surface area (Å²) < 4.78 is 32.8. The van der Waals surface area contributed by atoms with Crippen LogP contribution in [0, 0.1) is 0 Å². The highest BCUT2D eigenvalue weighted by Crippen LogP contribution is 2.21. The van der Waals surface area contributed by atoms with E-state index < -0.39 is 10.0 Å². The fourth-order valence-corrected chi connectivity index (χ4v) is 4.11. The van der Waals surface area contributed by atoms with Crippen molar-refractivity contribution in [3.05, 3.63) is 72.3 Å². The molecule has 3 aromatic rings. The second-order valence-corrected chi connectivity index (χ2v) is 8.79. The fourth-order valence-electron chi connectivity index (χ4n) is 3.02. The summed E-state index contributed by atoms with van der Waals surface area (Å²) in [4.78, 5) is 23.8. The number of ether oxygens (including phenoxy) is 1. The summed E-state index contributed by atoms with van der Waals surface area (Å²) in [6.45, 7) is 0.657. The molecule has 32 heavy (non-hydrogen) atoms. The maximum atomic E-state index is 12.7. The van der Waals surface area contributed by atoms with Gasteiger partial charge in [0.25, 0.3) is 10.0 Å². The molecular weight excluding hydrogens is 430 g/mol. The van der Waals surface area contributed by atoms with Crippen molar-refractivity contribution in [2.24, 2.45) is 0 Å². The van der Waals surface area contributed by atoms with Crippen molar-refractivity contribution in [3.8, 4) is 0 Å². The minimum atomic E-state index is -3.75. The third kappa shape index (κ3) is 6.53. The van der Waals surface area contributed by atoms with E-state index in [9.17, 15) is 18.0 Å². The molecule has 0 atom stereocenters. The van der Waals surface area contributed by atoms with E-state index in [2.05, 4.69) is 15.4 Å². The molecule has 9 heteroatoms. The topological polar surface area (TPSA) is 114 Å². The van der Waals surface area contributed by atoms with Crippen LogP contribution in [0.2, 0.25) is 0 Å². The first kappa shape index (κ1) is 23.2. The van der Waals surface area contributed by atoms with Crippen LogP contribution in [-0.4, -0.2) is 47.0 Å². The van der Waals surface area contributed by atoms with Crippen LogP contribution in [0.5, 0.6) is 0 Å². The maximum absolute atomic E-state index is 12.7.